The maximum Gasteiger partial charge on any atom is 0.310 e. The van der Waals surface area contributed by atoms with Gasteiger partial charge in [-0.3, -0.25) is 14.8 Å². The van der Waals surface area contributed by atoms with Crippen LogP contribution < -0.4 is 9.47 Å². The minimum atomic E-state index is -0.988. The van der Waals surface area contributed by atoms with Gasteiger partial charge in [0, 0.05) is 50.0 Å². The van der Waals surface area contributed by atoms with E-state index in [2.05, 4.69) is 58.1 Å². The van der Waals surface area contributed by atoms with Gasteiger partial charge in [0.05, 0.1) is 35.8 Å². The fraction of sp³-hybridized carbons (Fsp3) is 0.378. The first-order valence-corrected chi connectivity index (χ1v) is 16.7. The van der Waals surface area contributed by atoms with E-state index in [0.717, 1.165) is 49.7 Å². The van der Waals surface area contributed by atoms with Crippen LogP contribution in [0.15, 0.2) is 71.9 Å². The molecule has 0 saturated carbocycles. The van der Waals surface area contributed by atoms with E-state index in [1.54, 1.807) is 37.3 Å². The van der Waals surface area contributed by atoms with Crippen LogP contribution in [0.5, 0.6) is 11.6 Å². The summed E-state index contributed by atoms with van der Waals surface area (Å²) in [6.45, 7) is 12.7. The van der Waals surface area contributed by atoms with Crippen molar-refractivity contribution >= 4 is 28.6 Å². The minimum absolute atomic E-state index is 0.131. The lowest BCUT2D eigenvalue weighted by molar-refractivity contribution is -0.151. The van der Waals surface area contributed by atoms with Crippen molar-refractivity contribution in [3.8, 4) is 22.9 Å². The van der Waals surface area contributed by atoms with Crippen LogP contribution in [0.3, 0.4) is 0 Å². The second-order valence-corrected chi connectivity index (χ2v) is 14.6. The summed E-state index contributed by atoms with van der Waals surface area (Å²) >= 11 is 1.75. The molecule has 9 nitrogen and oxygen atoms in total. The Morgan fingerprint density at radius 2 is 1.72 bits per heavy atom. The summed E-state index contributed by atoms with van der Waals surface area (Å²) in [5.74, 6) is 0.0570. The number of benzene rings is 2. The van der Waals surface area contributed by atoms with Crippen LogP contribution in [0.1, 0.15) is 76.0 Å². The molecule has 1 atom stereocenters. The predicted molar refractivity (Wildman–Crippen MR) is 186 cm³/mol. The van der Waals surface area contributed by atoms with Gasteiger partial charge in [-0.1, -0.05) is 58.9 Å². The Balaban J connectivity index is 1.56. The number of nitrogens with one attached hydrogen (secondary N) is 1. The third-order valence-corrected chi connectivity index (χ3v) is 9.88. The number of H-pyrrole nitrogens is 1. The zero-order valence-corrected chi connectivity index (χ0v) is 28.9. The molecule has 0 fully saturated rings. The quantitative estimate of drug-likeness (QED) is 0.121. The number of rotatable bonds is 13. The van der Waals surface area contributed by atoms with E-state index in [-0.39, 0.29) is 10.7 Å². The summed E-state index contributed by atoms with van der Waals surface area (Å²) < 4.78 is 11.2. The monoisotopic (exact) mass is 653 g/mol. The van der Waals surface area contributed by atoms with Crippen molar-refractivity contribution in [3.05, 3.63) is 89.6 Å². The highest BCUT2D eigenvalue weighted by Gasteiger charge is 2.45. The molecule has 3 aromatic heterocycles. The van der Waals surface area contributed by atoms with Crippen LogP contribution in [-0.4, -0.2) is 48.1 Å². The number of hydrogen-bond acceptors (Lipinski definition) is 8. The molecule has 3 heterocycles. The Labute approximate surface area is 280 Å². The average Bonchev–Trinajstić information content (AvgIpc) is 3.40. The topological polar surface area (TPSA) is 123 Å². The SMILES string of the molecule is CCC(CC)(C(=O)O)C(Cc1ccc(-c2ccc(OC)nn2)cc1)c1[nH]c2ccc(OCc3cnc(C)cn3)cc2c1SC(C)(C)C. The van der Waals surface area contributed by atoms with Crippen molar-refractivity contribution in [3.63, 3.8) is 0 Å². The van der Waals surface area contributed by atoms with E-state index in [1.807, 2.05) is 57.2 Å². The molecular weight excluding hydrogens is 611 g/mol. The summed E-state index contributed by atoms with van der Waals surface area (Å²) in [5, 5.41) is 20.2. The standard InChI is InChI=1S/C37H43N5O4S/c1-8-37(9-2,35(43)44)29(18-24-10-12-25(13-11-24)30-16-17-32(45-7)42-41-30)33-34(47-36(4,5)6)28-19-27(14-15-31(28)40-33)46-22-26-21-38-23(3)20-39-26/h10-17,19-21,29,40H,8-9,18,22H2,1-7H3,(H,43,44). The minimum Gasteiger partial charge on any atom is -0.487 e. The van der Waals surface area contributed by atoms with Crippen LogP contribution in [0.25, 0.3) is 22.2 Å². The number of aryl methyl sites for hydroxylation is 1. The largest absolute Gasteiger partial charge is 0.487 e. The molecule has 0 saturated heterocycles. The molecule has 0 aliphatic rings. The smallest absolute Gasteiger partial charge is 0.310 e. The number of fused-ring (bicyclic) bond motifs is 1. The molecule has 47 heavy (non-hydrogen) atoms. The van der Waals surface area contributed by atoms with Crippen molar-refractivity contribution in [2.75, 3.05) is 7.11 Å². The van der Waals surface area contributed by atoms with Gasteiger partial charge in [0.2, 0.25) is 5.88 Å². The van der Waals surface area contributed by atoms with Gasteiger partial charge in [-0.15, -0.1) is 22.0 Å². The molecule has 5 rings (SSSR count). The molecule has 0 aliphatic heterocycles. The highest BCUT2D eigenvalue weighted by molar-refractivity contribution is 8.00. The summed E-state index contributed by atoms with van der Waals surface area (Å²) in [6.07, 6.45) is 4.98. The molecule has 5 aromatic rings. The van der Waals surface area contributed by atoms with Gasteiger partial charge in [0.1, 0.15) is 12.4 Å². The lowest BCUT2D eigenvalue weighted by Crippen LogP contribution is -2.38. The van der Waals surface area contributed by atoms with E-state index < -0.39 is 11.4 Å². The highest BCUT2D eigenvalue weighted by Crippen LogP contribution is 2.50. The van der Waals surface area contributed by atoms with Crippen molar-refractivity contribution in [2.24, 2.45) is 5.41 Å². The fourth-order valence-electron chi connectivity index (χ4n) is 5.97. The molecule has 1 unspecified atom stereocenters. The van der Waals surface area contributed by atoms with E-state index in [0.29, 0.717) is 37.5 Å². The van der Waals surface area contributed by atoms with Gasteiger partial charge in [-0.25, -0.2) is 0 Å². The number of hydrogen-bond donors (Lipinski definition) is 2. The molecule has 0 bridgehead atoms. The Morgan fingerprint density at radius 1 is 0.979 bits per heavy atom. The van der Waals surface area contributed by atoms with Crippen molar-refractivity contribution in [2.45, 2.75) is 83.0 Å². The maximum atomic E-state index is 13.2. The van der Waals surface area contributed by atoms with Crippen LogP contribution in [0.2, 0.25) is 0 Å². The first kappa shape index (κ1) is 33.9. The number of carbonyl (C=O) groups is 1. The molecule has 2 aromatic carbocycles. The van der Waals surface area contributed by atoms with Crippen molar-refractivity contribution in [1.29, 1.82) is 0 Å². The third-order valence-electron chi connectivity index (χ3n) is 8.62. The summed E-state index contributed by atoms with van der Waals surface area (Å²) in [6, 6.07) is 17.8. The molecule has 0 amide bonds. The number of carboxylic acid groups (broad SMARTS) is 1. The van der Waals surface area contributed by atoms with Gasteiger partial charge in [-0.05, 0) is 56.0 Å². The molecular formula is C37H43N5O4S. The van der Waals surface area contributed by atoms with E-state index >= 15 is 0 Å². The Hall–Kier alpha value is -4.44. The van der Waals surface area contributed by atoms with E-state index in [9.17, 15) is 9.90 Å². The number of aliphatic carboxylic acids is 1. The van der Waals surface area contributed by atoms with Gasteiger partial charge in [-0.2, -0.15) is 0 Å². The molecule has 246 valence electrons. The van der Waals surface area contributed by atoms with Crippen LogP contribution in [0.4, 0.5) is 0 Å². The molecule has 0 radical (unpaired) electrons. The van der Waals surface area contributed by atoms with E-state index in [1.165, 1.54) is 0 Å². The molecule has 2 N–H and O–H groups in total. The number of methoxy groups -OCH3 is 1. The second kappa shape index (κ2) is 14.1. The number of thioether (sulfide) groups is 1. The van der Waals surface area contributed by atoms with Crippen LogP contribution >= 0.6 is 11.8 Å². The summed E-state index contributed by atoms with van der Waals surface area (Å²) in [4.78, 5) is 26.7. The molecule has 10 heteroatoms. The number of nitrogens with zero attached hydrogens (tertiary/aromatic N) is 4. The van der Waals surface area contributed by atoms with Crippen molar-refractivity contribution < 1.29 is 19.4 Å². The Bertz CT molecular complexity index is 1810. The number of ether oxygens (including phenoxy) is 2. The lowest BCUT2D eigenvalue weighted by Gasteiger charge is -2.36. The average molecular weight is 654 g/mol. The van der Waals surface area contributed by atoms with Crippen molar-refractivity contribution in [1.82, 2.24) is 25.1 Å². The number of carboxylic acids is 1. The summed E-state index contributed by atoms with van der Waals surface area (Å²) in [5.41, 5.74) is 5.21. The highest BCUT2D eigenvalue weighted by atomic mass is 32.2. The first-order chi connectivity index (χ1) is 22.5. The van der Waals surface area contributed by atoms with Crippen LogP contribution in [-0.2, 0) is 17.8 Å². The zero-order chi connectivity index (χ0) is 33.8. The Kier molecular flexibility index (Phi) is 10.2. The van der Waals surface area contributed by atoms with E-state index in [4.69, 9.17) is 9.47 Å². The Morgan fingerprint density at radius 3 is 2.30 bits per heavy atom. The van der Waals surface area contributed by atoms with Gasteiger partial charge < -0.3 is 19.6 Å². The second-order valence-electron chi connectivity index (χ2n) is 12.8. The third kappa shape index (κ3) is 7.59. The summed E-state index contributed by atoms with van der Waals surface area (Å²) in [7, 11) is 1.56. The lowest BCUT2D eigenvalue weighted by atomic mass is 9.67. The van der Waals surface area contributed by atoms with Crippen LogP contribution in [0, 0.1) is 12.3 Å². The maximum absolute atomic E-state index is 13.2. The normalized spacial score (nSPS) is 12.7. The molecule has 0 aliphatic carbocycles. The van der Waals surface area contributed by atoms with Gasteiger partial charge >= 0.3 is 5.97 Å². The predicted octanol–water partition coefficient (Wildman–Crippen LogP) is 8.42. The van der Waals surface area contributed by atoms with Gasteiger partial charge in [0.25, 0.3) is 0 Å². The number of aromatic amines is 1. The zero-order valence-electron chi connectivity index (χ0n) is 28.1. The fourth-order valence-corrected chi connectivity index (χ4v) is 7.16. The molecule has 0 spiro atoms. The van der Waals surface area contributed by atoms with Gasteiger partial charge in [0.15, 0.2) is 0 Å². The number of aromatic nitrogens is 5. The first-order valence-electron chi connectivity index (χ1n) is 15.9.